The number of hydrogen-bond acceptors (Lipinski definition) is 5. The first-order chi connectivity index (χ1) is 13.5. The van der Waals surface area contributed by atoms with E-state index in [0.29, 0.717) is 12.3 Å². The average molecular weight is 407 g/mol. The molecule has 0 fully saturated rings. The van der Waals surface area contributed by atoms with Crippen molar-refractivity contribution in [1.29, 1.82) is 0 Å². The van der Waals surface area contributed by atoms with Crippen LogP contribution in [0.1, 0.15) is 37.7 Å². The Morgan fingerprint density at radius 3 is 2.50 bits per heavy atom. The van der Waals surface area contributed by atoms with Gasteiger partial charge in [-0.1, -0.05) is 12.5 Å². The lowest BCUT2D eigenvalue weighted by Gasteiger charge is -2.14. The molecule has 1 unspecified atom stereocenters. The highest BCUT2D eigenvalue weighted by Gasteiger charge is 2.13. The Hall–Kier alpha value is -1.96. The van der Waals surface area contributed by atoms with E-state index in [0.717, 1.165) is 38.5 Å². The quantitative estimate of drug-likeness (QED) is 0.499. The number of aryl methyl sites for hydroxylation is 1. The van der Waals surface area contributed by atoms with E-state index in [4.69, 9.17) is 4.74 Å². The fraction of sp³-hybridized carbons (Fsp3) is 0.476. The Morgan fingerprint density at radius 1 is 1.11 bits per heavy atom. The number of unbranched alkanes of at least 4 members (excludes halogenated alkanes) is 1. The van der Waals surface area contributed by atoms with Crippen LogP contribution in [0.2, 0.25) is 0 Å². The summed E-state index contributed by atoms with van der Waals surface area (Å²) in [4.78, 5) is 4.34. The molecule has 1 atom stereocenters. The molecule has 28 heavy (non-hydrogen) atoms. The predicted molar refractivity (Wildman–Crippen MR) is 110 cm³/mol. The Balaban J connectivity index is 1.64. The molecular weight excluding hydrogens is 376 g/mol. The number of ether oxygens (including phenoxy) is 1. The molecule has 2 rings (SSSR count). The third-order valence-corrected chi connectivity index (χ3v) is 6.24. The molecule has 154 valence electrons. The maximum atomic E-state index is 12.3. The van der Waals surface area contributed by atoms with Gasteiger partial charge in [-0.05, 0) is 73.9 Å². The van der Waals surface area contributed by atoms with Gasteiger partial charge in [-0.25, -0.2) is 13.1 Å². The molecule has 1 aromatic carbocycles. The van der Waals surface area contributed by atoms with Crippen LogP contribution in [0.4, 0.5) is 0 Å². The molecule has 1 heterocycles. The SMILES string of the molecule is COc1ccc(S(=O)(=O)NCCCCC(CO)CCCc2cccnc2)cc1. The molecular formula is C21H30N2O4S. The molecule has 0 radical (unpaired) electrons. The van der Waals surface area contributed by atoms with Crippen molar-refractivity contribution in [3.05, 3.63) is 54.4 Å². The van der Waals surface area contributed by atoms with Gasteiger partial charge < -0.3 is 9.84 Å². The largest absolute Gasteiger partial charge is 0.497 e. The molecule has 0 bridgehead atoms. The monoisotopic (exact) mass is 406 g/mol. The second kappa shape index (κ2) is 11.8. The van der Waals surface area contributed by atoms with Crippen molar-refractivity contribution in [3.63, 3.8) is 0 Å². The first kappa shape index (κ1) is 22.3. The number of sulfonamides is 1. The zero-order chi connectivity index (χ0) is 20.2. The van der Waals surface area contributed by atoms with Gasteiger partial charge in [0.15, 0.2) is 0 Å². The van der Waals surface area contributed by atoms with Crippen LogP contribution in [-0.4, -0.2) is 38.8 Å². The third-order valence-electron chi connectivity index (χ3n) is 4.76. The third kappa shape index (κ3) is 7.58. The summed E-state index contributed by atoms with van der Waals surface area (Å²) in [6.45, 7) is 0.562. The van der Waals surface area contributed by atoms with E-state index in [9.17, 15) is 13.5 Å². The fourth-order valence-corrected chi connectivity index (χ4v) is 4.14. The van der Waals surface area contributed by atoms with Crippen LogP contribution in [0.3, 0.4) is 0 Å². The number of aliphatic hydroxyl groups excluding tert-OH is 1. The van der Waals surface area contributed by atoms with E-state index in [1.165, 1.54) is 17.7 Å². The van der Waals surface area contributed by atoms with E-state index in [1.54, 1.807) is 25.4 Å². The van der Waals surface area contributed by atoms with Crippen LogP contribution in [0.5, 0.6) is 5.75 Å². The molecule has 0 saturated carbocycles. The number of benzene rings is 1. The van der Waals surface area contributed by atoms with Crippen molar-refractivity contribution in [2.75, 3.05) is 20.3 Å². The Kier molecular flexibility index (Phi) is 9.40. The van der Waals surface area contributed by atoms with Gasteiger partial charge in [-0.15, -0.1) is 0 Å². The maximum absolute atomic E-state index is 12.3. The highest BCUT2D eigenvalue weighted by atomic mass is 32.2. The van der Waals surface area contributed by atoms with E-state index < -0.39 is 10.0 Å². The normalized spacial score (nSPS) is 12.6. The number of nitrogens with one attached hydrogen (secondary N) is 1. The number of methoxy groups -OCH3 is 1. The molecule has 0 aliphatic heterocycles. The molecule has 0 spiro atoms. The summed E-state index contributed by atoms with van der Waals surface area (Å²) in [7, 11) is -1.96. The zero-order valence-corrected chi connectivity index (χ0v) is 17.2. The predicted octanol–water partition coefficient (Wildman–Crippen LogP) is 3.17. The molecule has 0 saturated heterocycles. The van der Waals surface area contributed by atoms with Crippen LogP contribution in [0, 0.1) is 5.92 Å². The van der Waals surface area contributed by atoms with Crippen molar-refractivity contribution >= 4 is 10.0 Å². The van der Waals surface area contributed by atoms with Gasteiger partial charge in [0.05, 0.1) is 12.0 Å². The van der Waals surface area contributed by atoms with E-state index in [-0.39, 0.29) is 17.4 Å². The van der Waals surface area contributed by atoms with Crippen LogP contribution in [0.15, 0.2) is 53.7 Å². The Bertz CT molecular complexity index is 780. The van der Waals surface area contributed by atoms with Gasteiger partial charge in [0, 0.05) is 25.5 Å². The summed E-state index contributed by atoms with van der Waals surface area (Å²) in [6, 6.07) is 10.3. The minimum absolute atomic E-state index is 0.171. The molecule has 0 aliphatic carbocycles. The molecule has 2 N–H and O–H groups in total. The summed E-state index contributed by atoms with van der Waals surface area (Å²) in [5, 5.41) is 9.57. The van der Waals surface area contributed by atoms with Crippen LogP contribution >= 0.6 is 0 Å². The van der Waals surface area contributed by atoms with Gasteiger partial charge in [-0.2, -0.15) is 0 Å². The topological polar surface area (TPSA) is 88.5 Å². The first-order valence-corrected chi connectivity index (χ1v) is 11.2. The summed E-state index contributed by atoms with van der Waals surface area (Å²) in [5.74, 6) is 0.882. The van der Waals surface area contributed by atoms with Gasteiger partial charge in [0.25, 0.3) is 0 Å². The zero-order valence-electron chi connectivity index (χ0n) is 16.4. The van der Waals surface area contributed by atoms with Crippen molar-refractivity contribution in [2.45, 2.75) is 43.4 Å². The van der Waals surface area contributed by atoms with E-state index in [1.807, 2.05) is 12.3 Å². The minimum atomic E-state index is -3.50. The lowest BCUT2D eigenvalue weighted by molar-refractivity contribution is 0.205. The highest BCUT2D eigenvalue weighted by Crippen LogP contribution is 2.17. The van der Waals surface area contributed by atoms with Crippen molar-refractivity contribution < 1.29 is 18.3 Å². The number of nitrogens with zero attached hydrogens (tertiary/aromatic N) is 1. The summed E-state index contributed by atoms with van der Waals surface area (Å²) in [6.07, 6.45) is 9.10. The average Bonchev–Trinajstić information content (AvgIpc) is 2.73. The van der Waals surface area contributed by atoms with E-state index in [2.05, 4.69) is 15.8 Å². The number of rotatable bonds is 13. The van der Waals surface area contributed by atoms with Gasteiger partial charge in [-0.3, -0.25) is 4.98 Å². The molecule has 6 nitrogen and oxygen atoms in total. The number of aromatic nitrogens is 1. The number of aliphatic hydroxyl groups is 1. The van der Waals surface area contributed by atoms with E-state index >= 15 is 0 Å². The van der Waals surface area contributed by atoms with Crippen LogP contribution in [-0.2, 0) is 16.4 Å². The standard InChI is InChI=1S/C21H30N2O4S/c1-27-20-10-12-21(13-11-20)28(25,26)23-15-3-2-6-19(17-24)8-4-7-18-9-5-14-22-16-18/h5,9-14,16,19,23-24H,2-4,6-8,15,17H2,1H3. The van der Waals surface area contributed by atoms with Crippen molar-refractivity contribution in [2.24, 2.45) is 5.92 Å². The lowest BCUT2D eigenvalue weighted by atomic mass is 9.95. The summed E-state index contributed by atoms with van der Waals surface area (Å²) < 4.78 is 32.2. The number of hydrogen-bond donors (Lipinski definition) is 2. The molecule has 7 heteroatoms. The Labute approximate surface area is 168 Å². The molecule has 2 aromatic rings. The fourth-order valence-electron chi connectivity index (χ4n) is 3.07. The second-order valence-electron chi connectivity index (χ2n) is 6.87. The van der Waals surface area contributed by atoms with Gasteiger partial charge in [0.1, 0.15) is 5.75 Å². The molecule has 1 aromatic heterocycles. The van der Waals surface area contributed by atoms with Gasteiger partial charge in [0.2, 0.25) is 10.0 Å². The highest BCUT2D eigenvalue weighted by molar-refractivity contribution is 7.89. The smallest absolute Gasteiger partial charge is 0.240 e. The van der Waals surface area contributed by atoms with Crippen molar-refractivity contribution in [3.8, 4) is 5.75 Å². The minimum Gasteiger partial charge on any atom is -0.497 e. The van der Waals surface area contributed by atoms with Crippen molar-refractivity contribution in [1.82, 2.24) is 9.71 Å². The van der Waals surface area contributed by atoms with Crippen LogP contribution in [0.25, 0.3) is 0 Å². The Morgan fingerprint density at radius 2 is 1.86 bits per heavy atom. The van der Waals surface area contributed by atoms with Gasteiger partial charge >= 0.3 is 0 Å². The molecule has 0 amide bonds. The first-order valence-electron chi connectivity index (χ1n) is 9.68. The lowest BCUT2D eigenvalue weighted by Crippen LogP contribution is -2.24. The maximum Gasteiger partial charge on any atom is 0.240 e. The summed E-state index contributed by atoms with van der Waals surface area (Å²) in [5.41, 5.74) is 1.21. The van der Waals surface area contributed by atoms with Crippen LogP contribution < -0.4 is 9.46 Å². The molecule has 0 aliphatic rings. The number of pyridine rings is 1. The second-order valence-corrected chi connectivity index (χ2v) is 8.64. The summed E-state index contributed by atoms with van der Waals surface area (Å²) >= 11 is 0.